The van der Waals surface area contributed by atoms with Crippen LogP contribution in [0, 0.1) is 0 Å². The molecule has 0 N–H and O–H groups in total. The summed E-state index contributed by atoms with van der Waals surface area (Å²) in [6.07, 6.45) is 2.25. The summed E-state index contributed by atoms with van der Waals surface area (Å²) in [6, 6.07) is 10.2. The number of carbonyl (C=O) groups excluding carboxylic acids is 1. The third-order valence-corrected chi connectivity index (χ3v) is 4.26. The van der Waals surface area contributed by atoms with Crippen LogP contribution in [0.3, 0.4) is 0 Å². The SMILES string of the molecule is O=C(CCc1ccccc1)N1CCOC[C@]12CCOC2. The van der Waals surface area contributed by atoms with Gasteiger partial charge in [0.1, 0.15) is 0 Å². The molecule has 0 saturated carbocycles. The number of hydrogen-bond donors (Lipinski definition) is 0. The zero-order valence-corrected chi connectivity index (χ0v) is 11.7. The molecular formula is C16H21NO3. The van der Waals surface area contributed by atoms with E-state index in [9.17, 15) is 4.79 Å². The molecule has 0 aromatic heterocycles. The summed E-state index contributed by atoms with van der Waals surface area (Å²) in [6.45, 7) is 3.29. The Balaban J connectivity index is 1.63. The van der Waals surface area contributed by atoms with Gasteiger partial charge < -0.3 is 14.4 Å². The zero-order valence-electron chi connectivity index (χ0n) is 11.7. The van der Waals surface area contributed by atoms with E-state index >= 15 is 0 Å². The molecule has 0 unspecified atom stereocenters. The van der Waals surface area contributed by atoms with E-state index in [4.69, 9.17) is 9.47 Å². The first kappa shape index (κ1) is 13.6. The minimum atomic E-state index is -0.202. The van der Waals surface area contributed by atoms with Crippen molar-refractivity contribution in [1.29, 1.82) is 0 Å². The Morgan fingerprint density at radius 1 is 1.15 bits per heavy atom. The normalized spacial score (nSPS) is 26.1. The fourth-order valence-electron chi connectivity index (χ4n) is 3.08. The standard InChI is InChI=1S/C16H21NO3/c18-15(7-6-14-4-2-1-3-5-14)17-9-11-20-13-16(17)8-10-19-12-16/h1-5H,6-13H2/t16-/m1/s1. The van der Waals surface area contributed by atoms with Crippen LogP contribution in [0.2, 0.25) is 0 Å². The van der Waals surface area contributed by atoms with E-state index < -0.39 is 0 Å². The Kier molecular flexibility index (Phi) is 4.03. The van der Waals surface area contributed by atoms with Gasteiger partial charge >= 0.3 is 0 Å². The Morgan fingerprint density at radius 2 is 1.90 bits per heavy atom. The van der Waals surface area contributed by atoms with Crippen LogP contribution in [0.4, 0.5) is 0 Å². The maximum absolute atomic E-state index is 12.5. The summed E-state index contributed by atoms with van der Waals surface area (Å²) in [5, 5.41) is 0. The van der Waals surface area contributed by atoms with E-state index in [1.807, 2.05) is 23.1 Å². The molecule has 0 bridgehead atoms. The van der Waals surface area contributed by atoms with Crippen LogP contribution in [0.1, 0.15) is 18.4 Å². The lowest BCUT2D eigenvalue weighted by Crippen LogP contribution is -2.59. The molecule has 20 heavy (non-hydrogen) atoms. The largest absolute Gasteiger partial charge is 0.379 e. The first-order valence-electron chi connectivity index (χ1n) is 7.30. The first-order valence-corrected chi connectivity index (χ1v) is 7.30. The molecular weight excluding hydrogens is 254 g/mol. The van der Waals surface area contributed by atoms with E-state index in [1.54, 1.807) is 0 Å². The average Bonchev–Trinajstić information content (AvgIpc) is 2.95. The van der Waals surface area contributed by atoms with Gasteiger partial charge in [0, 0.05) is 19.6 Å². The number of aryl methyl sites for hydroxylation is 1. The maximum atomic E-state index is 12.5. The number of ether oxygens (including phenoxy) is 2. The highest BCUT2D eigenvalue weighted by Crippen LogP contribution is 2.30. The van der Waals surface area contributed by atoms with Crippen LogP contribution in [0.5, 0.6) is 0 Å². The third-order valence-electron chi connectivity index (χ3n) is 4.26. The predicted octanol–water partition coefficient (Wildman–Crippen LogP) is 1.64. The molecule has 0 radical (unpaired) electrons. The summed E-state index contributed by atoms with van der Waals surface area (Å²) in [5.41, 5.74) is 1.01. The van der Waals surface area contributed by atoms with Crippen molar-refractivity contribution in [3.8, 4) is 0 Å². The number of hydrogen-bond acceptors (Lipinski definition) is 3. The van der Waals surface area contributed by atoms with Crippen molar-refractivity contribution < 1.29 is 14.3 Å². The van der Waals surface area contributed by atoms with Crippen LogP contribution in [-0.2, 0) is 20.7 Å². The van der Waals surface area contributed by atoms with E-state index in [-0.39, 0.29) is 11.4 Å². The van der Waals surface area contributed by atoms with Crippen LogP contribution in [-0.4, -0.2) is 49.3 Å². The smallest absolute Gasteiger partial charge is 0.223 e. The van der Waals surface area contributed by atoms with Crippen molar-refractivity contribution in [2.45, 2.75) is 24.8 Å². The minimum Gasteiger partial charge on any atom is -0.379 e. The molecule has 3 rings (SSSR count). The van der Waals surface area contributed by atoms with E-state index in [2.05, 4.69) is 12.1 Å². The molecule has 1 aromatic carbocycles. The zero-order chi connectivity index (χ0) is 13.8. The topological polar surface area (TPSA) is 38.8 Å². The summed E-state index contributed by atoms with van der Waals surface area (Å²) in [7, 11) is 0. The second-order valence-electron chi connectivity index (χ2n) is 5.61. The molecule has 2 heterocycles. The van der Waals surface area contributed by atoms with Gasteiger partial charge in [0.25, 0.3) is 0 Å². The highest BCUT2D eigenvalue weighted by Gasteiger charge is 2.45. The van der Waals surface area contributed by atoms with Gasteiger partial charge in [-0.25, -0.2) is 0 Å². The Morgan fingerprint density at radius 3 is 2.65 bits per heavy atom. The molecule has 2 fully saturated rings. The van der Waals surface area contributed by atoms with Crippen molar-refractivity contribution in [3.63, 3.8) is 0 Å². The molecule has 2 aliphatic rings. The molecule has 4 heteroatoms. The van der Waals surface area contributed by atoms with Crippen LogP contribution < -0.4 is 0 Å². The van der Waals surface area contributed by atoms with E-state index in [0.29, 0.717) is 32.8 Å². The number of benzene rings is 1. The molecule has 1 atom stereocenters. The second kappa shape index (κ2) is 5.94. The lowest BCUT2D eigenvalue weighted by atomic mass is 9.95. The summed E-state index contributed by atoms with van der Waals surface area (Å²) >= 11 is 0. The number of morpholine rings is 1. The summed E-state index contributed by atoms with van der Waals surface area (Å²) in [4.78, 5) is 14.6. The Labute approximate surface area is 119 Å². The van der Waals surface area contributed by atoms with Crippen molar-refractivity contribution in [2.24, 2.45) is 0 Å². The molecule has 2 aliphatic heterocycles. The van der Waals surface area contributed by atoms with Crippen molar-refractivity contribution in [3.05, 3.63) is 35.9 Å². The number of rotatable bonds is 3. The fraction of sp³-hybridized carbons (Fsp3) is 0.562. The van der Waals surface area contributed by atoms with Gasteiger partial charge in [0.05, 0.1) is 25.4 Å². The Bertz CT molecular complexity index is 454. The van der Waals surface area contributed by atoms with Gasteiger partial charge in [-0.05, 0) is 18.4 Å². The van der Waals surface area contributed by atoms with Gasteiger partial charge in [-0.15, -0.1) is 0 Å². The Hall–Kier alpha value is -1.39. The van der Waals surface area contributed by atoms with Gasteiger partial charge in [0.15, 0.2) is 0 Å². The van der Waals surface area contributed by atoms with E-state index in [1.165, 1.54) is 5.56 Å². The molecule has 1 aromatic rings. The molecule has 4 nitrogen and oxygen atoms in total. The first-order chi connectivity index (χ1) is 9.80. The van der Waals surface area contributed by atoms with E-state index in [0.717, 1.165) is 19.4 Å². The lowest BCUT2D eigenvalue weighted by Gasteiger charge is -2.43. The molecule has 1 spiro atoms. The van der Waals surface area contributed by atoms with Crippen LogP contribution >= 0.6 is 0 Å². The van der Waals surface area contributed by atoms with Gasteiger partial charge in [-0.3, -0.25) is 4.79 Å². The second-order valence-corrected chi connectivity index (χ2v) is 5.61. The molecule has 2 saturated heterocycles. The number of nitrogens with zero attached hydrogens (tertiary/aromatic N) is 1. The summed E-state index contributed by atoms with van der Waals surface area (Å²) in [5.74, 6) is 0.225. The fourth-order valence-corrected chi connectivity index (χ4v) is 3.08. The molecule has 108 valence electrons. The highest BCUT2D eigenvalue weighted by atomic mass is 16.5. The highest BCUT2D eigenvalue weighted by molar-refractivity contribution is 5.77. The third kappa shape index (κ3) is 2.72. The quantitative estimate of drug-likeness (QED) is 0.841. The van der Waals surface area contributed by atoms with Gasteiger partial charge in [-0.2, -0.15) is 0 Å². The van der Waals surface area contributed by atoms with Gasteiger partial charge in [0.2, 0.25) is 5.91 Å². The predicted molar refractivity (Wildman–Crippen MR) is 75.5 cm³/mol. The number of amides is 1. The van der Waals surface area contributed by atoms with Crippen molar-refractivity contribution >= 4 is 5.91 Å². The maximum Gasteiger partial charge on any atom is 0.223 e. The van der Waals surface area contributed by atoms with Crippen molar-refractivity contribution in [1.82, 2.24) is 4.90 Å². The number of carbonyl (C=O) groups is 1. The van der Waals surface area contributed by atoms with Gasteiger partial charge in [-0.1, -0.05) is 30.3 Å². The lowest BCUT2D eigenvalue weighted by molar-refractivity contribution is -0.149. The molecule has 0 aliphatic carbocycles. The molecule has 1 amide bonds. The summed E-state index contributed by atoms with van der Waals surface area (Å²) < 4.78 is 11.1. The average molecular weight is 275 g/mol. The monoisotopic (exact) mass is 275 g/mol. The minimum absolute atomic E-state index is 0.202. The van der Waals surface area contributed by atoms with Crippen molar-refractivity contribution in [2.75, 3.05) is 33.0 Å². The van der Waals surface area contributed by atoms with Crippen LogP contribution in [0.15, 0.2) is 30.3 Å². The van der Waals surface area contributed by atoms with Crippen LogP contribution in [0.25, 0.3) is 0 Å².